The molecule has 0 radical (unpaired) electrons. The zero-order chi connectivity index (χ0) is 13.1. The smallest absolute Gasteiger partial charge is 0.227 e. The lowest BCUT2D eigenvalue weighted by molar-refractivity contribution is -0.117. The Morgan fingerprint density at radius 3 is 2.50 bits per heavy atom. The Kier molecular flexibility index (Phi) is 3.80. The summed E-state index contributed by atoms with van der Waals surface area (Å²) >= 11 is 0. The summed E-state index contributed by atoms with van der Waals surface area (Å²) in [4.78, 5) is 25.4. The fourth-order valence-corrected chi connectivity index (χ4v) is 2.20. The first kappa shape index (κ1) is 12.8. The second kappa shape index (κ2) is 5.34. The number of amides is 1. The van der Waals surface area contributed by atoms with Crippen molar-refractivity contribution in [1.29, 1.82) is 0 Å². The molecular weight excluding hydrogens is 226 g/mol. The van der Waals surface area contributed by atoms with Gasteiger partial charge in [0.2, 0.25) is 5.91 Å². The van der Waals surface area contributed by atoms with Gasteiger partial charge in [-0.25, -0.2) is 0 Å². The van der Waals surface area contributed by atoms with Crippen molar-refractivity contribution in [3.8, 4) is 0 Å². The van der Waals surface area contributed by atoms with Crippen LogP contribution in [0.4, 0.5) is 5.69 Å². The van der Waals surface area contributed by atoms with Crippen LogP contribution in [0.3, 0.4) is 0 Å². The number of anilines is 1. The number of carbonyl (C=O) groups excluding carboxylic acids is 2. The SMILES string of the molecule is CCC(C)C(=O)c1ccc(N2CCCC2=O)cc1. The number of hydrogen-bond donors (Lipinski definition) is 0. The molecule has 0 bridgehead atoms. The molecule has 1 atom stereocenters. The van der Waals surface area contributed by atoms with Crippen LogP contribution in [0, 0.1) is 5.92 Å². The third kappa shape index (κ3) is 2.45. The van der Waals surface area contributed by atoms with E-state index in [1.807, 2.05) is 38.1 Å². The van der Waals surface area contributed by atoms with Gasteiger partial charge in [-0.05, 0) is 37.1 Å². The topological polar surface area (TPSA) is 37.4 Å². The standard InChI is InChI=1S/C15H19NO2/c1-3-11(2)15(18)12-6-8-13(9-7-12)16-10-4-5-14(16)17/h6-9,11H,3-5,10H2,1-2H3. The molecule has 96 valence electrons. The van der Waals surface area contributed by atoms with Crippen LogP contribution in [-0.2, 0) is 4.79 Å². The first-order chi connectivity index (χ1) is 8.63. The van der Waals surface area contributed by atoms with Crippen molar-refractivity contribution in [3.63, 3.8) is 0 Å². The number of rotatable bonds is 4. The molecule has 0 spiro atoms. The van der Waals surface area contributed by atoms with Crippen molar-refractivity contribution < 1.29 is 9.59 Å². The second-order valence-corrected chi connectivity index (χ2v) is 4.87. The Labute approximate surface area is 108 Å². The summed E-state index contributed by atoms with van der Waals surface area (Å²) in [5, 5.41) is 0. The highest BCUT2D eigenvalue weighted by Crippen LogP contribution is 2.22. The van der Waals surface area contributed by atoms with E-state index in [0.717, 1.165) is 30.6 Å². The van der Waals surface area contributed by atoms with Crippen LogP contribution in [-0.4, -0.2) is 18.2 Å². The van der Waals surface area contributed by atoms with Crippen LogP contribution in [0.2, 0.25) is 0 Å². The van der Waals surface area contributed by atoms with Gasteiger partial charge in [0, 0.05) is 30.1 Å². The predicted molar refractivity (Wildman–Crippen MR) is 71.8 cm³/mol. The summed E-state index contributed by atoms with van der Waals surface area (Å²) in [6, 6.07) is 7.41. The van der Waals surface area contributed by atoms with E-state index in [1.165, 1.54) is 0 Å². The van der Waals surface area contributed by atoms with E-state index >= 15 is 0 Å². The molecule has 1 aromatic rings. The zero-order valence-corrected chi connectivity index (χ0v) is 11.0. The van der Waals surface area contributed by atoms with Gasteiger partial charge in [-0.1, -0.05) is 13.8 Å². The van der Waals surface area contributed by atoms with Crippen LogP contribution in [0.1, 0.15) is 43.5 Å². The summed E-state index contributed by atoms with van der Waals surface area (Å²) < 4.78 is 0. The number of carbonyl (C=O) groups is 2. The molecule has 18 heavy (non-hydrogen) atoms. The van der Waals surface area contributed by atoms with Crippen LogP contribution in [0.25, 0.3) is 0 Å². The summed E-state index contributed by atoms with van der Waals surface area (Å²) in [7, 11) is 0. The van der Waals surface area contributed by atoms with Gasteiger partial charge in [0.1, 0.15) is 0 Å². The van der Waals surface area contributed by atoms with E-state index in [-0.39, 0.29) is 17.6 Å². The minimum Gasteiger partial charge on any atom is -0.312 e. The fourth-order valence-electron chi connectivity index (χ4n) is 2.20. The van der Waals surface area contributed by atoms with Gasteiger partial charge in [-0.3, -0.25) is 9.59 Å². The van der Waals surface area contributed by atoms with Crippen molar-refractivity contribution >= 4 is 17.4 Å². The Bertz CT molecular complexity index is 450. The van der Waals surface area contributed by atoms with E-state index in [1.54, 1.807) is 4.90 Å². The normalized spacial score (nSPS) is 17.0. The molecule has 0 aromatic heterocycles. The lowest BCUT2D eigenvalue weighted by atomic mass is 9.97. The molecule has 3 heteroatoms. The van der Waals surface area contributed by atoms with Crippen molar-refractivity contribution in [1.82, 2.24) is 0 Å². The Hall–Kier alpha value is -1.64. The van der Waals surface area contributed by atoms with Crippen LogP contribution in [0.5, 0.6) is 0 Å². The van der Waals surface area contributed by atoms with Gasteiger partial charge in [0.25, 0.3) is 0 Å². The molecule has 1 amide bonds. The molecule has 1 unspecified atom stereocenters. The molecule has 2 rings (SSSR count). The molecule has 1 aliphatic rings. The van der Waals surface area contributed by atoms with Gasteiger partial charge >= 0.3 is 0 Å². The highest BCUT2D eigenvalue weighted by Gasteiger charge is 2.22. The largest absolute Gasteiger partial charge is 0.312 e. The predicted octanol–water partition coefficient (Wildman–Crippen LogP) is 3.04. The van der Waals surface area contributed by atoms with E-state index in [0.29, 0.717) is 6.42 Å². The van der Waals surface area contributed by atoms with Gasteiger partial charge in [-0.2, -0.15) is 0 Å². The first-order valence-corrected chi connectivity index (χ1v) is 6.58. The quantitative estimate of drug-likeness (QED) is 0.764. The molecule has 1 aromatic carbocycles. The number of nitrogens with zero attached hydrogens (tertiary/aromatic N) is 1. The number of Topliss-reactive ketones (excluding diaryl/α,β-unsaturated/α-hetero) is 1. The van der Waals surface area contributed by atoms with E-state index < -0.39 is 0 Å². The molecule has 1 fully saturated rings. The summed E-state index contributed by atoms with van der Waals surface area (Å²) in [6.07, 6.45) is 2.41. The molecule has 1 aliphatic heterocycles. The maximum atomic E-state index is 12.0. The van der Waals surface area contributed by atoms with Crippen LogP contribution >= 0.6 is 0 Å². The maximum Gasteiger partial charge on any atom is 0.227 e. The summed E-state index contributed by atoms with van der Waals surface area (Å²) in [5.41, 5.74) is 1.64. The fraction of sp³-hybridized carbons (Fsp3) is 0.467. The van der Waals surface area contributed by atoms with Crippen molar-refractivity contribution in [3.05, 3.63) is 29.8 Å². The molecule has 1 heterocycles. The number of ketones is 1. The number of benzene rings is 1. The van der Waals surface area contributed by atoms with Crippen molar-refractivity contribution in [2.45, 2.75) is 33.1 Å². The highest BCUT2D eigenvalue weighted by atomic mass is 16.2. The molecule has 0 N–H and O–H groups in total. The third-order valence-corrected chi connectivity index (χ3v) is 3.60. The van der Waals surface area contributed by atoms with Gasteiger partial charge in [0.15, 0.2) is 5.78 Å². The number of hydrogen-bond acceptors (Lipinski definition) is 2. The lowest BCUT2D eigenvalue weighted by Gasteiger charge is -2.16. The van der Waals surface area contributed by atoms with E-state index in [9.17, 15) is 9.59 Å². The van der Waals surface area contributed by atoms with Gasteiger partial charge < -0.3 is 4.90 Å². The van der Waals surface area contributed by atoms with Gasteiger partial charge in [0.05, 0.1) is 0 Å². The van der Waals surface area contributed by atoms with Crippen LogP contribution < -0.4 is 4.90 Å². The van der Waals surface area contributed by atoms with Gasteiger partial charge in [-0.15, -0.1) is 0 Å². The third-order valence-electron chi connectivity index (χ3n) is 3.60. The van der Waals surface area contributed by atoms with E-state index in [2.05, 4.69) is 0 Å². The second-order valence-electron chi connectivity index (χ2n) is 4.87. The summed E-state index contributed by atoms with van der Waals surface area (Å²) in [6.45, 7) is 4.75. The Balaban J connectivity index is 2.15. The lowest BCUT2D eigenvalue weighted by Crippen LogP contribution is -2.23. The summed E-state index contributed by atoms with van der Waals surface area (Å²) in [5.74, 6) is 0.414. The van der Waals surface area contributed by atoms with Crippen molar-refractivity contribution in [2.24, 2.45) is 5.92 Å². The molecular formula is C15H19NO2. The van der Waals surface area contributed by atoms with Crippen LogP contribution in [0.15, 0.2) is 24.3 Å². The molecule has 3 nitrogen and oxygen atoms in total. The first-order valence-electron chi connectivity index (χ1n) is 6.58. The van der Waals surface area contributed by atoms with E-state index in [4.69, 9.17) is 0 Å². The Morgan fingerprint density at radius 2 is 2.00 bits per heavy atom. The highest BCUT2D eigenvalue weighted by molar-refractivity contribution is 5.99. The maximum absolute atomic E-state index is 12.0. The minimum absolute atomic E-state index is 0.0595. The molecule has 0 saturated carbocycles. The monoisotopic (exact) mass is 245 g/mol. The Morgan fingerprint density at radius 1 is 1.33 bits per heavy atom. The molecule has 1 saturated heterocycles. The average molecular weight is 245 g/mol. The average Bonchev–Trinajstić information content (AvgIpc) is 2.83. The zero-order valence-electron chi connectivity index (χ0n) is 11.0. The van der Waals surface area contributed by atoms with Crippen molar-refractivity contribution in [2.75, 3.05) is 11.4 Å². The minimum atomic E-state index is 0.0595. The molecule has 0 aliphatic carbocycles.